The van der Waals surface area contributed by atoms with Gasteiger partial charge in [0.15, 0.2) is 0 Å². The van der Waals surface area contributed by atoms with E-state index in [4.69, 9.17) is 0 Å². The molecule has 0 aliphatic rings. The van der Waals surface area contributed by atoms with Gasteiger partial charge >= 0.3 is 0 Å². The molecule has 0 unspecified atom stereocenters. The molecular formula is C21H29N3O. The van der Waals surface area contributed by atoms with Crippen molar-refractivity contribution in [1.29, 1.82) is 0 Å². The average molecular weight is 339 g/mol. The van der Waals surface area contributed by atoms with E-state index in [1.54, 1.807) is 0 Å². The molecule has 0 bridgehead atoms. The Morgan fingerprint density at radius 3 is 2.12 bits per heavy atom. The third-order valence-electron chi connectivity index (χ3n) is 4.42. The number of carbonyl (C=O) groups is 1. The van der Waals surface area contributed by atoms with Gasteiger partial charge in [0.1, 0.15) is 0 Å². The Morgan fingerprint density at radius 2 is 1.60 bits per heavy atom. The predicted octanol–water partition coefficient (Wildman–Crippen LogP) is 3.83. The number of para-hydroxylation sites is 1. The van der Waals surface area contributed by atoms with Gasteiger partial charge in [0.25, 0.3) is 0 Å². The summed E-state index contributed by atoms with van der Waals surface area (Å²) in [5, 5.41) is 3.07. The molecule has 4 nitrogen and oxygen atoms in total. The van der Waals surface area contributed by atoms with Gasteiger partial charge in [0.2, 0.25) is 5.91 Å². The second-order valence-electron chi connectivity index (χ2n) is 6.68. The first-order chi connectivity index (χ1) is 11.9. The minimum absolute atomic E-state index is 0.0316. The van der Waals surface area contributed by atoms with Crippen LogP contribution in [0.4, 0.5) is 11.4 Å². The molecule has 0 aromatic heterocycles. The summed E-state index contributed by atoms with van der Waals surface area (Å²) in [6, 6.07) is 14.5. The van der Waals surface area contributed by atoms with Crippen LogP contribution in [-0.4, -0.2) is 38.0 Å². The van der Waals surface area contributed by atoms with E-state index in [0.29, 0.717) is 6.54 Å². The van der Waals surface area contributed by atoms with Crippen LogP contribution in [0.3, 0.4) is 0 Å². The third kappa shape index (κ3) is 5.33. The lowest BCUT2D eigenvalue weighted by molar-refractivity contribution is -0.117. The van der Waals surface area contributed by atoms with Crippen LogP contribution in [0, 0.1) is 13.8 Å². The van der Waals surface area contributed by atoms with Gasteiger partial charge in [-0.25, -0.2) is 0 Å². The zero-order valence-corrected chi connectivity index (χ0v) is 16.0. The van der Waals surface area contributed by atoms with E-state index in [2.05, 4.69) is 46.3 Å². The van der Waals surface area contributed by atoms with E-state index in [0.717, 1.165) is 29.9 Å². The smallest absolute Gasteiger partial charge is 0.238 e. The molecule has 4 heteroatoms. The van der Waals surface area contributed by atoms with Crippen molar-refractivity contribution in [2.24, 2.45) is 0 Å². The van der Waals surface area contributed by atoms with Crippen LogP contribution in [0.2, 0.25) is 0 Å². The summed E-state index contributed by atoms with van der Waals surface area (Å²) in [6.07, 6.45) is 0. The van der Waals surface area contributed by atoms with Crippen molar-refractivity contribution in [3.8, 4) is 0 Å². The SMILES string of the molecule is CCN(CC(=O)Nc1c(C)cccc1C)Cc1ccc(N(C)C)cc1. The largest absolute Gasteiger partial charge is 0.378 e. The molecule has 1 N–H and O–H groups in total. The molecule has 1 amide bonds. The van der Waals surface area contributed by atoms with E-state index in [9.17, 15) is 4.79 Å². The molecule has 0 saturated heterocycles. The quantitative estimate of drug-likeness (QED) is 0.833. The van der Waals surface area contributed by atoms with Crippen molar-refractivity contribution in [1.82, 2.24) is 4.90 Å². The maximum Gasteiger partial charge on any atom is 0.238 e. The van der Waals surface area contributed by atoms with E-state index >= 15 is 0 Å². The summed E-state index contributed by atoms with van der Waals surface area (Å²) in [6.45, 7) is 8.11. The van der Waals surface area contributed by atoms with Crippen molar-refractivity contribution in [3.63, 3.8) is 0 Å². The number of aryl methyl sites for hydroxylation is 2. The number of carbonyl (C=O) groups excluding carboxylic acids is 1. The van der Waals surface area contributed by atoms with Gasteiger partial charge in [0.05, 0.1) is 6.54 Å². The van der Waals surface area contributed by atoms with Crippen LogP contribution >= 0.6 is 0 Å². The number of anilines is 2. The first-order valence-corrected chi connectivity index (χ1v) is 8.75. The number of benzene rings is 2. The molecule has 25 heavy (non-hydrogen) atoms. The molecule has 2 rings (SSSR count). The molecular weight excluding hydrogens is 310 g/mol. The molecule has 2 aromatic carbocycles. The van der Waals surface area contributed by atoms with E-state index in [1.165, 1.54) is 11.3 Å². The number of hydrogen-bond acceptors (Lipinski definition) is 3. The topological polar surface area (TPSA) is 35.6 Å². The second kappa shape index (κ2) is 8.67. The Labute approximate surface area is 151 Å². The zero-order chi connectivity index (χ0) is 18.4. The van der Waals surface area contributed by atoms with Gasteiger partial charge in [-0.05, 0) is 49.2 Å². The van der Waals surface area contributed by atoms with Gasteiger partial charge in [-0.2, -0.15) is 0 Å². The Bertz CT molecular complexity index is 687. The van der Waals surface area contributed by atoms with Crippen molar-refractivity contribution in [2.45, 2.75) is 27.3 Å². The average Bonchev–Trinajstić information content (AvgIpc) is 2.58. The molecule has 134 valence electrons. The first kappa shape index (κ1) is 19.0. The van der Waals surface area contributed by atoms with Crippen LogP contribution < -0.4 is 10.2 Å². The zero-order valence-electron chi connectivity index (χ0n) is 16.0. The van der Waals surface area contributed by atoms with E-state index in [1.807, 2.05) is 46.1 Å². The standard InChI is InChI=1S/C21H29N3O/c1-6-24(14-18-10-12-19(13-11-18)23(4)5)15-20(25)22-21-16(2)8-7-9-17(21)3/h7-13H,6,14-15H2,1-5H3,(H,22,25). The van der Waals surface area contributed by atoms with Crippen LogP contribution in [0.1, 0.15) is 23.6 Å². The summed E-state index contributed by atoms with van der Waals surface area (Å²) in [4.78, 5) is 16.7. The highest BCUT2D eigenvalue weighted by atomic mass is 16.2. The van der Waals surface area contributed by atoms with Crippen LogP contribution in [0.25, 0.3) is 0 Å². The number of likely N-dealkylation sites (N-methyl/N-ethyl adjacent to an activating group) is 1. The lowest BCUT2D eigenvalue weighted by atomic mass is 10.1. The molecule has 0 fully saturated rings. The lowest BCUT2D eigenvalue weighted by Crippen LogP contribution is -2.33. The summed E-state index contributed by atoms with van der Waals surface area (Å²) in [5.41, 5.74) is 5.51. The van der Waals surface area contributed by atoms with Crippen molar-refractivity contribution < 1.29 is 4.79 Å². The lowest BCUT2D eigenvalue weighted by Gasteiger charge is -2.21. The van der Waals surface area contributed by atoms with E-state index < -0.39 is 0 Å². The molecule has 0 spiro atoms. The third-order valence-corrected chi connectivity index (χ3v) is 4.42. The summed E-state index contributed by atoms with van der Waals surface area (Å²) in [5.74, 6) is 0.0316. The normalized spacial score (nSPS) is 10.8. The van der Waals surface area contributed by atoms with Crippen molar-refractivity contribution in [3.05, 3.63) is 59.2 Å². The number of rotatable bonds is 7. The Morgan fingerprint density at radius 1 is 1.00 bits per heavy atom. The highest BCUT2D eigenvalue weighted by Gasteiger charge is 2.12. The minimum Gasteiger partial charge on any atom is -0.378 e. The second-order valence-corrected chi connectivity index (χ2v) is 6.68. The first-order valence-electron chi connectivity index (χ1n) is 8.75. The predicted molar refractivity (Wildman–Crippen MR) is 106 cm³/mol. The molecule has 0 radical (unpaired) electrons. The van der Waals surface area contributed by atoms with Crippen LogP contribution in [0.15, 0.2) is 42.5 Å². The fourth-order valence-corrected chi connectivity index (χ4v) is 2.83. The molecule has 0 atom stereocenters. The Hall–Kier alpha value is -2.33. The monoisotopic (exact) mass is 339 g/mol. The van der Waals surface area contributed by atoms with Crippen molar-refractivity contribution in [2.75, 3.05) is 37.4 Å². The number of nitrogens with zero attached hydrogens (tertiary/aromatic N) is 2. The van der Waals surface area contributed by atoms with Gasteiger partial charge in [-0.1, -0.05) is 37.3 Å². The van der Waals surface area contributed by atoms with Crippen LogP contribution in [0.5, 0.6) is 0 Å². The maximum atomic E-state index is 12.5. The maximum absolute atomic E-state index is 12.5. The Balaban J connectivity index is 1.98. The Kier molecular flexibility index (Phi) is 6.59. The molecule has 0 heterocycles. The minimum atomic E-state index is 0.0316. The highest BCUT2D eigenvalue weighted by molar-refractivity contribution is 5.93. The fraction of sp³-hybridized carbons (Fsp3) is 0.381. The molecule has 2 aromatic rings. The fourth-order valence-electron chi connectivity index (χ4n) is 2.83. The number of amides is 1. The van der Waals surface area contributed by atoms with Gasteiger partial charge < -0.3 is 10.2 Å². The van der Waals surface area contributed by atoms with Gasteiger partial charge in [-0.15, -0.1) is 0 Å². The van der Waals surface area contributed by atoms with Gasteiger partial charge in [0, 0.05) is 32.0 Å². The summed E-state index contributed by atoms with van der Waals surface area (Å²) >= 11 is 0. The number of nitrogens with one attached hydrogen (secondary N) is 1. The van der Waals surface area contributed by atoms with Gasteiger partial charge in [-0.3, -0.25) is 9.69 Å². The summed E-state index contributed by atoms with van der Waals surface area (Å²) in [7, 11) is 4.07. The molecule has 0 aliphatic heterocycles. The van der Waals surface area contributed by atoms with E-state index in [-0.39, 0.29) is 5.91 Å². The molecule has 0 aliphatic carbocycles. The highest BCUT2D eigenvalue weighted by Crippen LogP contribution is 2.19. The van der Waals surface area contributed by atoms with Crippen LogP contribution in [-0.2, 0) is 11.3 Å². The van der Waals surface area contributed by atoms with Crippen molar-refractivity contribution >= 4 is 17.3 Å². The number of hydrogen-bond donors (Lipinski definition) is 1. The summed E-state index contributed by atoms with van der Waals surface area (Å²) < 4.78 is 0. The molecule has 0 saturated carbocycles.